The van der Waals surface area contributed by atoms with Gasteiger partial charge in [0.25, 0.3) is 0 Å². The van der Waals surface area contributed by atoms with Crippen molar-refractivity contribution >= 4 is 17.0 Å². The van der Waals surface area contributed by atoms with Gasteiger partial charge in [0.15, 0.2) is 0 Å². The molecule has 6 atom stereocenters. The number of rotatable bonds is 3. The first kappa shape index (κ1) is 26.8. The van der Waals surface area contributed by atoms with E-state index in [0.29, 0.717) is 5.92 Å². The van der Waals surface area contributed by atoms with Gasteiger partial charge in [-0.1, -0.05) is 20.3 Å². The Morgan fingerprint density at radius 2 is 1.61 bits per heavy atom. The van der Waals surface area contributed by atoms with E-state index in [1.165, 1.54) is 57.1 Å². The molecule has 1 nitrogen and oxygen atoms in total. The number of hydrogen-bond donors (Lipinski definition) is 0. The van der Waals surface area contributed by atoms with Crippen LogP contribution in [0.15, 0.2) is 16.5 Å². The number of halogens is 2. The fraction of sp³-hybridized carbons (Fsp3) is 0.750. The van der Waals surface area contributed by atoms with E-state index in [4.69, 9.17) is 21.4 Å². The Morgan fingerprint density at radius 3 is 2.18 bits per heavy atom. The molecule has 3 fully saturated rings. The van der Waals surface area contributed by atoms with Gasteiger partial charge in [0.2, 0.25) is 0 Å². The zero-order valence-electron chi connectivity index (χ0n) is 18.5. The molecule has 6 unspecified atom stereocenters. The van der Waals surface area contributed by atoms with E-state index in [2.05, 4.69) is 32.9 Å². The van der Waals surface area contributed by atoms with Crippen molar-refractivity contribution in [1.29, 1.82) is 0 Å². The summed E-state index contributed by atoms with van der Waals surface area (Å²) in [5.74, 6) is 8.96. The summed E-state index contributed by atoms with van der Waals surface area (Å²) < 4.78 is 6.03. The maximum absolute atomic E-state index is 6.03. The minimum absolute atomic E-state index is 0. The first-order valence-electron chi connectivity index (χ1n) is 10.6. The van der Waals surface area contributed by atoms with Crippen molar-refractivity contribution in [3.05, 3.63) is 38.5 Å². The number of hydrogen-bond acceptors (Lipinski definition) is 1. The maximum atomic E-state index is 6.03. The Balaban J connectivity index is 0.000000739. The third kappa shape index (κ3) is 6.37. The van der Waals surface area contributed by atoms with Crippen LogP contribution < -0.4 is 0 Å². The van der Waals surface area contributed by atoms with E-state index in [0.717, 1.165) is 41.3 Å². The molecule has 0 radical (unpaired) electrons. The van der Waals surface area contributed by atoms with Gasteiger partial charge in [-0.2, -0.15) is 0 Å². The first-order chi connectivity index (χ1) is 12.5. The molecule has 0 bridgehead atoms. The van der Waals surface area contributed by atoms with Crippen molar-refractivity contribution < 1.29 is 25.3 Å². The molecule has 0 aliphatic heterocycles. The van der Waals surface area contributed by atoms with Crippen molar-refractivity contribution in [3.63, 3.8) is 0 Å². The molecule has 3 aliphatic rings. The van der Waals surface area contributed by atoms with E-state index in [1.807, 2.05) is 0 Å². The van der Waals surface area contributed by atoms with Crippen LogP contribution >= 0.6 is 17.0 Å². The molecule has 3 aliphatic carbocycles. The van der Waals surface area contributed by atoms with Crippen LogP contribution in [0.5, 0.6) is 0 Å². The van der Waals surface area contributed by atoms with Crippen LogP contribution in [0.25, 0.3) is 0 Å². The normalized spacial score (nSPS) is 36.2. The summed E-state index contributed by atoms with van der Waals surface area (Å²) in [5, 5.41) is 0. The Hall–Kier alpha value is 0.743. The summed E-state index contributed by atoms with van der Waals surface area (Å²) >= 11 is -0.826. The van der Waals surface area contributed by atoms with Gasteiger partial charge in [-0.15, -0.1) is 0 Å². The van der Waals surface area contributed by atoms with Gasteiger partial charge in [-0.25, -0.2) is 0 Å². The summed E-state index contributed by atoms with van der Waals surface area (Å²) in [6, 6.07) is 4.42. The van der Waals surface area contributed by atoms with Gasteiger partial charge in [-0.3, -0.25) is 0 Å². The van der Waals surface area contributed by atoms with Gasteiger partial charge in [0.05, 0.1) is 0 Å². The summed E-state index contributed by atoms with van der Waals surface area (Å²) in [7, 11) is 9.87. The third-order valence-corrected chi connectivity index (χ3v) is 7.74. The molecule has 1 aromatic heterocycles. The second kappa shape index (κ2) is 12.6. The summed E-state index contributed by atoms with van der Waals surface area (Å²) in [6.07, 6.45) is 11.7. The first-order valence-corrected chi connectivity index (χ1v) is 16.9. The molecule has 160 valence electrons. The van der Waals surface area contributed by atoms with Gasteiger partial charge in [-0.05, 0) is 99.5 Å². The van der Waals surface area contributed by atoms with Crippen molar-refractivity contribution in [3.8, 4) is 0 Å². The Labute approximate surface area is 193 Å². The molecular weight excluding hydrogens is 466 g/mol. The number of furan rings is 1. The molecular formula is C24H40Cl2OZr. The monoisotopic (exact) mass is 504 g/mol. The summed E-state index contributed by atoms with van der Waals surface area (Å²) in [6.45, 7) is 7.03. The van der Waals surface area contributed by atoms with Gasteiger partial charge in [0, 0.05) is 5.92 Å². The molecule has 28 heavy (non-hydrogen) atoms. The van der Waals surface area contributed by atoms with Crippen molar-refractivity contribution in [2.24, 2.45) is 35.5 Å². The molecule has 0 aromatic carbocycles. The quantitative estimate of drug-likeness (QED) is 0.373. The van der Waals surface area contributed by atoms with Crippen LogP contribution in [-0.4, -0.2) is 0 Å². The third-order valence-electron chi connectivity index (χ3n) is 7.74. The van der Waals surface area contributed by atoms with Crippen LogP contribution in [0, 0.1) is 57.3 Å². The second-order valence-electron chi connectivity index (χ2n) is 9.25. The number of aryl methyl sites for hydroxylation is 1. The Morgan fingerprint density at radius 1 is 0.964 bits per heavy atom. The van der Waals surface area contributed by atoms with Crippen LogP contribution in [0.4, 0.5) is 0 Å². The SMILES string of the molecule is Cc1ccc(C2CCCC3C(CC4CC(C)C(C)C4)CCC23)o1.[CH3-].[CH3-].[Cl][Zr+2][Cl]. The minimum atomic E-state index is -0.826. The molecule has 4 heteroatoms. The zero-order valence-corrected chi connectivity index (χ0v) is 22.5. The standard InChI is InChI=1S/C22H34O.2CH3.2ClH.Zr/c1-14-11-17(12-15(14)2)13-18-8-9-20-19(18)5-4-6-21(20)22-10-7-16(3)23-22;;;;;/h7,10,14-15,17-21H,4-6,8-9,11-13H2,1-3H3;2*1H3;2*1H;/q;2*-1;;;+4/p-2. The van der Waals surface area contributed by atoms with E-state index in [9.17, 15) is 0 Å². The molecule has 1 aromatic rings. The fourth-order valence-corrected chi connectivity index (χ4v) is 6.45. The van der Waals surface area contributed by atoms with Crippen LogP contribution in [0.3, 0.4) is 0 Å². The molecule has 0 amide bonds. The topological polar surface area (TPSA) is 13.1 Å². The van der Waals surface area contributed by atoms with E-state index >= 15 is 0 Å². The molecule has 0 spiro atoms. The van der Waals surface area contributed by atoms with Crippen molar-refractivity contribution in [2.75, 3.05) is 0 Å². The van der Waals surface area contributed by atoms with Crippen LogP contribution in [-0.2, 0) is 20.8 Å². The van der Waals surface area contributed by atoms with Crippen LogP contribution in [0.2, 0.25) is 0 Å². The molecule has 4 rings (SSSR count). The predicted molar refractivity (Wildman–Crippen MR) is 120 cm³/mol. The van der Waals surface area contributed by atoms with Gasteiger partial charge >= 0.3 is 37.9 Å². The summed E-state index contributed by atoms with van der Waals surface area (Å²) in [4.78, 5) is 0. The average Bonchev–Trinajstić information content (AvgIpc) is 3.29. The zero-order chi connectivity index (χ0) is 18.7. The van der Waals surface area contributed by atoms with E-state index in [1.54, 1.807) is 0 Å². The molecule has 3 saturated carbocycles. The van der Waals surface area contributed by atoms with Gasteiger partial charge < -0.3 is 19.3 Å². The Kier molecular flexibility index (Phi) is 12.0. The van der Waals surface area contributed by atoms with Gasteiger partial charge in [0.1, 0.15) is 11.5 Å². The van der Waals surface area contributed by atoms with E-state index < -0.39 is 20.8 Å². The average molecular weight is 507 g/mol. The second-order valence-corrected chi connectivity index (χ2v) is 13.0. The molecule has 0 saturated heterocycles. The fourth-order valence-electron chi connectivity index (χ4n) is 6.45. The molecule has 1 heterocycles. The van der Waals surface area contributed by atoms with E-state index in [-0.39, 0.29) is 14.9 Å². The molecule has 0 N–H and O–H groups in total. The van der Waals surface area contributed by atoms with Crippen molar-refractivity contribution in [1.82, 2.24) is 0 Å². The Bertz CT molecular complexity index is 551. The summed E-state index contributed by atoms with van der Waals surface area (Å²) in [5.41, 5.74) is 0. The van der Waals surface area contributed by atoms with Crippen LogP contribution in [0.1, 0.15) is 82.7 Å². The number of fused-ring (bicyclic) bond motifs is 1. The predicted octanol–water partition coefficient (Wildman–Crippen LogP) is 8.85. The van der Waals surface area contributed by atoms with Crippen molar-refractivity contribution in [2.45, 2.75) is 78.1 Å².